The molecule has 0 amide bonds. The van der Waals surface area contributed by atoms with Crippen LogP contribution in [0.3, 0.4) is 0 Å². The number of aliphatic hydroxyl groups is 3. The topological polar surface area (TPSA) is 88.4 Å². The Kier molecular flexibility index (Phi) is 8.23. The largest absolute Gasteiger partial charge is 0.387 e. The van der Waals surface area contributed by atoms with Crippen LogP contribution in [0, 0.1) is 0 Å². The summed E-state index contributed by atoms with van der Waals surface area (Å²) in [5.41, 5.74) is 2.79. The van der Waals surface area contributed by atoms with Crippen LogP contribution in [0.1, 0.15) is 16.7 Å². The summed E-state index contributed by atoms with van der Waals surface area (Å²) in [5, 5.41) is 32.1. The Labute approximate surface area is 194 Å². The molecule has 0 bridgehead atoms. The molecule has 1 fully saturated rings. The fraction of sp³-hybridized carbons (Fsp3) is 0.333. The maximum Gasteiger partial charge on any atom is 0.116 e. The number of hydrogen-bond donors (Lipinski definition) is 3. The van der Waals surface area contributed by atoms with E-state index >= 15 is 0 Å². The average molecular weight is 451 g/mol. The first-order chi connectivity index (χ1) is 16.1. The molecule has 6 atom stereocenters. The normalized spacial score (nSPS) is 27.4. The maximum atomic E-state index is 10.8. The van der Waals surface area contributed by atoms with Gasteiger partial charge in [-0.15, -0.1) is 0 Å². The molecule has 0 saturated heterocycles. The summed E-state index contributed by atoms with van der Waals surface area (Å²) in [4.78, 5) is 0. The van der Waals surface area contributed by atoms with Crippen molar-refractivity contribution >= 4 is 0 Å². The zero-order chi connectivity index (χ0) is 23.0. The van der Waals surface area contributed by atoms with Gasteiger partial charge in [-0.25, -0.2) is 0 Å². The van der Waals surface area contributed by atoms with E-state index < -0.39 is 36.6 Å². The second-order valence-electron chi connectivity index (χ2n) is 8.26. The molecule has 33 heavy (non-hydrogen) atoms. The van der Waals surface area contributed by atoms with E-state index in [2.05, 4.69) is 0 Å². The van der Waals surface area contributed by atoms with Crippen LogP contribution in [0.2, 0.25) is 0 Å². The first-order valence-corrected chi connectivity index (χ1v) is 11.1. The molecule has 1 aliphatic rings. The van der Waals surface area contributed by atoms with Crippen LogP contribution in [-0.2, 0) is 34.0 Å². The fourth-order valence-corrected chi connectivity index (χ4v) is 4.04. The van der Waals surface area contributed by atoms with E-state index in [1.165, 1.54) is 0 Å². The fourth-order valence-electron chi connectivity index (χ4n) is 4.04. The van der Waals surface area contributed by atoms with Crippen molar-refractivity contribution in [1.82, 2.24) is 0 Å². The van der Waals surface area contributed by atoms with Gasteiger partial charge in [0.15, 0.2) is 0 Å². The molecule has 1 saturated carbocycles. The summed E-state index contributed by atoms with van der Waals surface area (Å²) in [6.07, 6.45) is -6.68. The van der Waals surface area contributed by atoms with Crippen molar-refractivity contribution in [3.05, 3.63) is 108 Å². The van der Waals surface area contributed by atoms with Gasteiger partial charge in [0.1, 0.15) is 36.6 Å². The number of aliphatic hydroxyl groups excluding tert-OH is 3. The highest BCUT2D eigenvalue weighted by Gasteiger charge is 2.51. The van der Waals surface area contributed by atoms with E-state index in [1.54, 1.807) is 0 Å². The van der Waals surface area contributed by atoms with E-state index in [-0.39, 0.29) is 19.8 Å². The highest BCUT2D eigenvalue weighted by molar-refractivity contribution is 5.16. The summed E-state index contributed by atoms with van der Waals surface area (Å²) in [5.74, 6) is 0. The molecule has 0 aromatic heterocycles. The van der Waals surface area contributed by atoms with Gasteiger partial charge in [-0.1, -0.05) is 91.0 Å². The molecule has 3 aromatic carbocycles. The van der Waals surface area contributed by atoms with Gasteiger partial charge in [0.2, 0.25) is 0 Å². The minimum atomic E-state index is -1.43. The smallest absolute Gasteiger partial charge is 0.116 e. The number of rotatable bonds is 9. The first-order valence-electron chi connectivity index (χ1n) is 11.1. The van der Waals surface area contributed by atoms with Gasteiger partial charge in [-0.2, -0.15) is 0 Å². The zero-order valence-electron chi connectivity index (χ0n) is 18.3. The minimum absolute atomic E-state index is 0.224. The molecule has 0 radical (unpaired) electrons. The molecule has 1 aliphatic carbocycles. The average Bonchev–Trinajstić information content (AvgIpc) is 2.87. The molecule has 0 heterocycles. The predicted molar refractivity (Wildman–Crippen MR) is 123 cm³/mol. The van der Waals surface area contributed by atoms with Gasteiger partial charge in [-0.05, 0) is 16.7 Å². The van der Waals surface area contributed by atoms with Crippen molar-refractivity contribution < 1.29 is 29.5 Å². The van der Waals surface area contributed by atoms with E-state index in [0.29, 0.717) is 0 Å². The van der Waals surface area contributed by atoms with Gasteiger partial charge in [0.05, 0.1) is 19.8 Å². The minimum Gasteiger partial charge on any atom is -0.387 e. The summed E-state index contributed by atoms with van der Waals surface area (Å²) in [6, 6.07) is 28.8. The molecule has 174 valence electrons. The van der Waals surface area contributed by atoms with Gasteiger partial charge in [0.25, 0.3) is 0 Å². The van der Waals surface area contributed by atoms with Crippen LogP contribution in [0.15, 0.2) is 91.0 Å². The molecular weight excluding hydrogens is 420 g/mol. The molecule has 0 aliphatic heterocycles. The second kappa shape index (κ2) is 11.5. The molecule has 2 unspecified atom stereocenters. The standard InChI is InChI=1S/C27H30O6/c28-22-23(29)25(31-16-19-10-4-1-5-11-19)27(33-18-21-14-8-3-9-15-21)26(24(22)30)32-17-20-12-6-2-7-13-20/h1-15,22-30H,16-18H2/t22?,23-,24-,25-,26+,27?/m0/s1. The molecule has 3 aromatic rings. The number of ether oxygens (including phenoxy) is 3. The molecule has 0 spiro atoms. The molecule has 4 rings (SSSR count). The third-order valence-corrected chi connectivity index (χ3v) is 5.88. The highest BCUT2D eigenvalue weighted by atomic mass is 16.6. The molecule has 6 heteroatoms. The molecule has 3 N–H and O–H groups in total. The molecule has 6 nitrogen and oxygen atoms in total. The summed E-state index contributed by atoms with van der Waals surface area (Å²) in [6.45, 7) is 0.696. The highest BCUT2D eigenvalue weighted by Crippen LogP contribution is 2.30. The maximum absolute atomic E-state index is 10.8. The van der Waals surface area contributed by atoms with Crippen molar-refractivity contribution in [3.63, 3.8) is 0 Å². The number of benzene rings is 3. The monoisotopic (exact) mass is 450 g/mol. The van der Waals surface area contributed by atoms with Crippen molar-refractivity contribution in [2.75, 3.05) is 0 Å². The Hall–Kier alpha value is -2.58. The second-order valence-corrected chi connectivity index (χ2v) is 8.26. The number of hydrogen-bond acceptors (Lipinski definition) is 6. The lowest BCUT2D eigenvalue weighted by Crippen LogP contribution is -2.65. The van der Waals surface area contributed by atoms with Crippen molar-refractivity contribution in [2.24, 2.45) is 0 Å². The predicted octanol–water partition coefficient (Wildman–Crippen LogP) is 2.84. The Morgan fingerprint density at radius 2 is 0.727 bits per heavy atom. The van der Waals surface area contributed by atoms with Crippen LogP contribution in [0.25, 0.3) is 0 Å². The zero-order valence-corrected chi connectivity index (χ0v) is 18.3. The van der Waals surface area contributed by atoms with Crippen LogP contribution in [0.5, 0.6) is 0 Å². The Bertz CT molecular complexity index is 895. The SMILES string of the molecule is OC1[C@H](O)[C@H](OCc2ccccc2)C(OCc2ccccc2)[C@H](OCc2ccccc2)[C@H]1O. The summed E-state index contributed by atoms with van der Waals surface area (Å²) in [7, 11) is 0. The van der Waals surface area contributed by atoms with Crippen LogP contribution in [-0.4, -0.2) is 51.9 Å². The van der Waals surface area contributed by atoms with Crippen molar-refractivity contribution in [2.45, 2.75) is 56.4 Å². The van der Waals surface area contributed by atoms with E-state index in [0.717, 1.165) is 16.7 Å². The quantitative estimate of drug-likeness (QED) is 0.465. The van der Waals surface area contributed by atoms with Gasteiger partial charge in [-0.3, -0.25) is 0 Å². The van der Waals surface area contributed by atoms with E-state index in [9.17, 15) is 15.3 Å². The van der Waals surface area contributed by atoms with Crippen LogP contribution < -0.4 is 0 Å². The first kappa shape index (κ1) is 23.6. The Balaban J connectivity index is 1.54. The lowest BCUT2D eigenvalue weighted by atomic mass is 9.84. The van der Waals surface area contributed by atoms with Crippen molar-refractivity contribution in [1.29, 1.82) is 0 Å². The summed E-state index contributed by atoms with van der Waals surface area (Å²) >= 11 is 0. The lowest BCUT2D eigenvalue weighted by molar-refractivity contribution is -0.263. The molecular formula is C27H30O6. The third kappa shape index (κ3) is 6.06. The van der Waals surface area contributed by atoms with Crippen molar-refractivity contribution in [3.8, 4) is 0 Å². The summed E-state index contributed by atoms with van der Waals surface area (Å²) < 4.78 is 18.3. The Morgan fingerprint density at radius 3 is 1.06 bits per heavy atom. The van der Waals surface area contributed by atoms with E-state index in [4.69, 9.17) is 14.2 Å². The lowest BCUT2D eigenvalue weighted by Gasteiger charge is -2.45. The van der Waals surface area contributed by atoms with Gasteiger partial charge in [0, 0.05) is 0 Å². The van der Waals surface area contributed by atoms with Gasteiger partial charge < -0.3 is 29.5 Å². The van der Waals surface area contributed by atoms with Gasteiger partial charge >= 0.3 is 0 Å². The Morgan fingerprint density at radius 1 is 0.424 bits per heavy atom. The van der Waals surface area contributed by atoms with Crippen LogP contribution >= 0.6 is 0 Å². The third-order valence-electron chi connectivity index (χ3n) is 5.88. The van der Waals surface area contributed by atoms with Crippen LogP contribution in [0.4, 0.5) is 0 Å². The van der Waals surface area contributed by atoms with E-state index in [1.807, 2.05) is 91.0 Å².